The first kappa shape index (κ1) is 17.9. The SMILES string of the molecule is CCOC(=O)c1nn(-c2ccc(F)cc2F)c2cc(Cl)c(F)cc2c1=O. The minimum atomic E-state index is -1.05. The quantitative estimate of drug-likeness (QED) is 0.649. The number of carbonyl (C=O) groups is 1. The number of benzene rings is 2. The standard InChI is InChI=1S/C17H10ClF3N2O3/c1-2-26-17(25)15-16(24)9-6-11(20)10(18)7-14(9)23(22-15)13-4-3-8(19)5-12(13)21/h3-7H,2H2,1H3. The normalized spacial score (nSPS) is 11.0. The summed E-state index contributed by atoms with van der Waals surface area (Å²) in [6.45, 7) is 1.49. The second-order valence-corrected chi connectivity index (χ2v) is 5.60. The smallest absolute Gasteiger partial charge is 0.362 e. The van der Waals surface area contributed by atoms with Crippen molar-refractivity contribution < 1.29 is 22.7 Å². The van der Waals surface area contributed by atoms with Gasteiger partial charge in [0.05, 0.1) is 22.5 Å². The van der Waals surface area contributed by atoms with Crippen molar-refractivity contribution in [1.29, 1.82) is 0 Å². The monoisotopic (exact) mass is 382 g/mol. The van der Waals surface area contributed by atoms with E-state index in [1.54, 1.807) is 0 Å². The molecular formula is C17H10ClF3N2O3. The van der Waals surface area contributed by atoms with Crippen molar-refractivity contribution in [3.8, 4) is 5.69 Å². The number of hydrogen-bond acceptors (Lipinski definition) is 4. The fourth-order valence-electron chi connectivity index (χ4n) is 2.39. The lowest BCUT2D eigenvalue weighted by Gasteiger charge is -2.13. The molecule has 0 bridgehead atoms. The van der Waals surface area contributed by atoms with Crippen molar-refractivity contribution in [3.63, 3.8) is 0 Å². The molecule has 3 aromatic rings. The van der Waals surface area contributed by atoms with Crippen molar-refractivity contribution in [2.75, 3.05) is 6.61 Å². The van der Waals surface area contributed by atoms with Gasteiger partial charge in [-0.15, -0.1) is 0 Å². The molecule has 0 aliphatic heterocycles. The van der Waals surface area contributed by atoms with Gasteiger partial charge in [-0.1, -0.05) is 11.6 Å². The zero-order chi connectivity index (χ0) is 19.0. The van der Waals surface area contributed by atoms with E-state index in [0.717, 1.165) is 28.9 Å². The van der Waals surface area contributed by atoms with Gasteiger partial charge in [0.25, 0.3) is 0 Å². The Labute approximate surface area is 149 Å². The number of esters is 1. The van der Waals surface area contributed by atoms with E-state index < -0.39 is 34.5 Å². The Bertz CT molecular complexity index is 1100. The molecule has 26 heavy (non-hydrogen) atoms. The van der Waals surface area contributed by atoms with Crippen molar-refractivity contribution in [2.45, 2.75) is 6.92 Å². The van der Waals surface area contributed by atoms with Crippen molar-refractivity contribution >= 4 is 28.5 Å². The average Bonchev–Trinajstić information content (AvgIpc) is 2.58. The van der Waals surface area contributed by atoms with Gasteiger partial charge < -0.3 is 4.74 Å². The molecule has 0 atom stereocenters. The lowest BCUT2D eigenvalue weighted by atomic mass is 10.1. The third-order valence-electron chi connectivity index (χ3n) is 3.53. The highest BCUT2D eigenvalue weighted by molar-refractivity contribution is 6.31. The summed E-state index contributed by atoms with van der Waals surface area (Å²) in [6, 6.07) is 4.53. The van der Waals surface area contributed by atoms with Gasteiger partial charge in [0.2, 0.25) is 11.1 Å². The van der Waals surface area contributed by atoms with Gasteiger partial charge in [0.1, 0.15) is 17.3 Å². The molecule has 0 spiro atoms. The van der Waals surface area contributed by atoms with Crippen LogP contribution in [0.2, 0.25) is 5.02 Å². The fraction of sp³-hybridized carbons (Fsp3) is 0.118. The fourth-order valence-corrected chi connectivity index (χ4v) is 2.55. The first-order valence-corrected chi connectivity index (χ1v) is 7.76. The summed E-state index contributed by atoms with van der Waals surface area (Å²) in [7, 11) is 0. The highest BCUT2D eigenvalue weighted by atomic mass is 35.5. The number of carbonyl (C=O) groups excluding carboxylic acids is 1. The summed E-state index contributed by atoms with van der Waals surface area (Å²) < 4.78 is 46.9. The molecule has 0 saturated heterocycles. The summed E-state index contributed by atoms with van der Waals surface area (Å²) in [5.74, 6) is -3.78. The van der Waals surface area contributed by atoms with E-state index in [2.05, 4.69) is 5.10 Å². The molecule has 134 valence electrons. The van der Waals surface area contributed by atoms with E-state index >= 15 is 0 Å². The largest absolute Gasteiger partial charge is 0.461 e. The minimum absolute atomic E-state index is 0.0299. The first-order valence-electron chi connectivity index (χ1n) is 7.38. The zero-order valence-corrected chi connectivity index (χ0v) is 14.0. The van der Waals surface area contributed by atoms with Crippen LogP contribution < -0.4 is 5.43 Å². The van der Waals surface area contributed by atoms with Crippen LogP contribution in [0.3, 0.4) is 0 Å². The summed E-state index contributed by atoms with van der Waals surface area (Å²) in [6.07, 6.45) is 0. The predicted molar refractivity (Wildman–Crippen MR) is 88.2 cm³/mol. The lowest BCUT2D eigenvalue weighted by molar-refractivity contribution is 0.0516. The van der Waals surface area contributed by atoms with Crippen LogP contribution in [0, 0.1) is 17.5 Å². The summed E-state index contributed by atoms with van der Waals surface area (Å²) in [5, 5.41) is 3.25. The highest BCUT2D eigenvalue weighted by Crippen LogP contribution is 2.24. The van der Waals surface area contributed by atoms with Crippen LogP contribution in [0.15, 0.2) is 35.1 Å². The second-order valence-electron chi connectivity index (χ2n) is 5.19. The van der Waals surface area contributed by atoms with Gasteiger partial charge in [-0.25, -0.2) is 22.6 Å². The van der Waals surface area contributed by atoms with E-state index in [9.17, 15) is 22.8 Å². The van der Waals surface area contributed by atoms with E-state index in [1.807, 2.05) is 0 Å². The van der Waals surface area contributed by atoms with Crippen LogP contribution in [-0.4, -0.2) is 22.4 Å². The molecule has 0 amide bonds. The van der Waals surface area contributed by atoms with Crippen LogP contribution in [-0.2, 0) is 4.74 Å². The molecule has 0 saturated carbocycles. The Morgan fingerprint density at radius 2 is 1.92 bits per heavy atom. The van der Waals surface area contributed by atoms with Gasteiger partial charge >= 0.3 is 5.97 Å². The van der Waals surface area contributed by atoms with Crippen molar-refractivity contribution in [1.82, 2.24) is 9.78 Å². The molecule has 2 aromatic carbocycles. The Hall–Kier alpha value is -2.87. The molecule has 5 nitrogen and oxygen atoms in total. The second kappa shape index (κ2) is 6.80. The van der Waals surface area contributed by atoms with Gasteiger partial charge in [-0.05, 0) is 31.2 Å². The molecule has 1 aromatic heterocycles. The average molecular weight is 383 g/mol. The molecule has 0 aliphatic rings. The van der Waals surface area contributed by atoms with Gasteiger partial charge in [-0.2, -0.15) is 5.10 Å². The number of ether oxygens (including phenoxy) is 1. The van der Waals surface area contributed by atoms with Gasteiger partial charge in [0.15, 0.2) is 5.82 Å². The molecular weight excluding hydrogens is 373 g/mol. The topological polar surface area (TPSA) is 61.2 Å². The van der Waals surface area contributed by atoms with Crippen LogP contribution >= 0.6 is 11.6 Å². The number of halogens is 4. The lowest BCUT2D eigenvalue weighted by Crippen LogP contribution is -2.24. The zero-order valence-electron chi connectivity index (χ0n) is 13.2. The first-order chi connectivity index (χ1) is 12.3. The molecule has 0 unspecified atom stereocenters. The maximum absolute atomic E-state index is 14.2. The number of aromatic nitrogens is 2. The number of hydrogen-bond donors (Lipinski definition) is 0. The van der Waals surface area contributed by atoms with Crippen LogP contribution in [0.4, 0.5) is 13.2 Å². The minimum Gasteiger partial charge on any atom is -0.461 e. The molecule has 0 aliphatic carbocycles. The van der Waals surface area contributed by atoms with Crippen LogP contribution in [0.25, 0.3) is 16.6 Å². The third kappa shape index (κ3) is 3.03. The summed E-state index contributed by atoms with van der Waals surface area (Å²) in [5.41, 5.74) is -1.87. The van der Waals surface area contributed by atoms with E-state index in [4.69, 9.17) is 16.3 Å². The summed E-state index contributed by atoms with van der Waals surface area (Å²) >= 11 is 5.75. The Morgan fingerprint density at radius 3 is 2.58 bits per heavy atom. The maximum atomic E-state index is 14.2. The van der Waals surface area contributed by atoms with Crippen LogP contribution in [0.1, 0.15) is 17.4 Å². The van der Waals surface area contributed by atoms with E-state index in [0.29, 0.717) is 6.07 Å². The maximum Gasteiger partial charge on any atom is 0.362 e. The molecule has 0 N–H and O–H groups in total. The van der Waals surface area contributed by atoms with Gasteiger partial charge in [-0.3, -0.25) is 4.79 Å². The Balaban J connectivity index is 2.43. The predicted octanol–water partition coefficient (Wildman–Crippen LogP) is 3.63. The van der Waals surface area contributed by atoms with E-state index in [-0.39, 0.29) is 28.2 Å². The number of nitrogens with zero attached hydrogens (tertiary/aromatic N) is 2. The summed E-state index contributed by atoms with van der Waals surface area (Å²) in [4.78, 5) is 24.5. The van der Waals surface area contributed by atoms with Crippen LogP contribution in [0.5, 0.6) is 0 Å². The molecule has 0 radical (unpaired) electrons. The molecule has 0 fully saturated rings. The molecule has 1 heterocycles. The molecule has 9 heteroatoms. The Kier molecular flexibility index (Phi) is 4.69. The van der Waals surface area contributed by atoms with Crippen molar-refractivity contribution in [3.05, 3.63) is 68.7 Å². The number of rotatable bonds is 3. The molecule has 3 rings (SSSR count). The Morgan fingerprint density at radius 1 is 1.19 bits per heavy atom. The van der Waals surface area contributed by atoms with Gasteiger partial charge in [0, 0.05) is 6.07 Å². The van der Waals surface area contributed by atoms with E-state index in [1.165, 1.54) is 6.92 Å². The number of fused-ring (bicyclic) bond motifs is 1. The highest BCUT2D eigenvalue weighted by Gasteiger charge is 2.22. The third-order valence-corrected chi connectivity index (χ3v) is 3.82. The van der Waals surface area contributed by atoms with Crippen molar-refractivity contribution in [2.24, 2.45) is 0 Å².